The van der Waals surface area contributed by atoms with Crippen LogP contribution in [0.2, 0.25) is 0 Å². The Balaban J connectivity index is 1.67. The number of carbonyl (C=O) groups is 1. The van der Waals surface area contributed by atoms with Gasteiger partial charge in [-0.3, -0.25) is 9.78 Å². The van der Waals surface area contributed by atoms with Crippen LogP contribution in [0.1, 0.15) is 47.2 Å². The van der Waals surface area contributed by atoms with E-state index in [4.69, 9.17) is 4.98 Å². The van der Waals surface area contributed by atoms with Gasteiger partial charge in [0.2, 0.25) is 0 Å². The number of nitrogens with zero attached hydrogens (tertiary/aromatic N) is 3. The standard InChI is InChI=1S/C20H20N4OS/c1-20(2)10-15-14(12-22-18(23-15)13-5-7-21-8-6-13)16(11-20)24-19(25)17-4-3-9-26-17/h3-9,12,16H,10-11H2,1-2H3,(H,24,25). The van der Waals surface area contributed by atoms with E-state index in [0.717, 1.165) is 34.5 Å². The van der Waals surface area contributed by atoms with Crippen LogP contribution < -0.4 is 5.32 Å². The quantitative estimate of drug-likeness (QED) is 0.761. The molecule has 1 N–H and O–H groups in total. The number of hydrogen-bond acceptors (Lipinski definition) is 5. The van der Waals surface area contributed by atoms with Gasteiger partial charge in [-0.25, -0.2) is 9.97 Å². The fourth-order valence-corrected chi connectivity index (χ4v) is 4.08. The number of thiophene rings is 1. The van der Waals surface area contributed by atoms with Crippen molar-refractivity contribution >= 4 is 17.2 Å². The zero-order valence-electron chi connectivity index (χ0n) is 14.8. The van der Waals surface area contributed by atoms with Crippen LogP contribution in [0.15, 0.2) is 48.2 Å². The van der Waals surface area contributed by atoms with E-state index in [1.54, 1.807) is 12.4 Å². The highest BCUT2D eigenvalue weighted by Crippen LogP contribution is 2.40. The summed E-state index contributed by atoms with van der Waals surface area (Å²) in [6.45, 7) is 4.43. The van der Waals surface area contributed by atoms with Crippen LogP contribution in [-0.2, 0) is 6.42 Å². The Kier molecular flexibility index (Phi) is 4.28. The average Bonchev–Trinajstić information content (AvgIpc) is 3.16. The topological polar surface area (TPSA) is 67.8 Å². The highest BCUT2D eigenvalue weighted by molar-refractivity contribution is 7.12. The molecule has 26 heavy (non-hydrogen) atoms. The highest BCUT2D eigenvalue weighted by atomic mass is 32.1. The lowest BCUT2D eigenvalue weighted by molar-refractivity contribution is 0.0923. The van der Waals surface area contributed by atoms with Gasteiger partial charge < -0.3 is 5.32 Å². The summed E-state index contributed by atoms with van der Waals surface area (Å²) < 4.78 is 0. The number of amides is 1. The van der Waals surface area contributed by atoms with Crippen LogP contribution in [0.4, 0.5) is 0 Å². The van der Waals surface area contributed by atoms with Crippen molar-refractivity contribution in [3.05, 3.63) is 64.4 Å². The highest BCUT2D eigenvalue weighted by Gasteiger charge is 2.34. The van der Waals surface area contributed by atoms with Crippen LogP contribution in [0.3, 0.4) is 0 Å². The number of carbonyl (C=O) groups excluding carboxylic acids is 1. The van der Waals surface area contributed by atoms with Crippen molar-refractivity contribution in [1.29, 1.82) is 0 Å². The first-order valence-electron chi connectivity index (χ1n) is 8.62. The van der Waals surface area contributed by atoms with Gasteiger partial charge in [-0.2, -0.15) is 0 Å². The van der Waals surface area contributed by atoms with Crippen LogP contribution >= 0.6 is 11.3 Å². The molecule has 0 fully saturated rings. The van der Waals surface area contributed by atoms with Crippen molar-refractivity contribution in [3.8, 4) is 11.4 Å². The van der Waals surface area contributed by atoms with Crippen LogP contribution in [0.25, 0.3) is 11.4 Å². The summed E-state index contributed by atoms with van der Waals surface area (Å²) in [7, 11) is 0. The molecule has 0 radical (unpaired) electrons. The van der Waals surface area contributed by atoms with E-state index in [2.05, 4.69) is 29.1 Å². The predicted octanol–water partition coefficient (Wildman–Crippen LogP) is 4.04. The molecular formula is C20H20N4OS. The zero-order chi connectivity index (χ0) is 18.1. The first kappa shape index (κ1) is 16.8. The van der Waals surface area contributed by atoms with Gasteiger partial charge in [-0.15, -0.1) is 11.3 Å². The number of rotatable bonds is 3. The Morgan fingerprint density at radius 3 is 2.81 bits per heavy atom. The minimum absolute atomic E-state index is 0.0353. The van der Waals surface area contributed by atoms with E-state index in [-0.39, 0.29) is 17.4 Å². The molecule has 3 heterocycles. The molecule has 6 heteroatoms. The van der Waals surface area contributed by atoms with Crippen LogP contribution in [-0.4, -0.2) is 20.9 Å². The summed E-state index contributed by atoms with van der Waals surface area (Å²) >= 11 is 1.45. The van der Waals surface area contributed by atoms with E-state index in [9.17, 15) is 4.79 Å². The van der Waals surface area contributed by atoms with E-state index < -0.39 is 0 Å². The average molecular weight is 364 g/mol. The van der Waals surface area contributed by atoms with E-state index >= 15 is 0 Å². The monoisotopic (exact) mass is 364 g/mol. The summed E-state index contributed by atoms with van der Waals surface area (Å²) in [5.41, 5.74) is 3.04. The third-order valence-electron chi connectivity index (χ3n) is 4.67. The summed E-state index contributed by atoms with van der Waals surface area (Å²) in [6, 6.07) is 7.48. The lowest BCUT2D eigenvalue weighted by Crippen LogP contribution is -2.37. The van der Waals surface area contributed by atoms with Gasteiger partial charge in [0.15, 0.2) is 5.82 Å². The molecular weight excluding hydrogens is 344 g/mol. The minimum atomic E-state index is -0.0742. The van der Waals surface area contributed by atoms with Crippen LogP contribution in [0, 0.1) is 5.41 Å². The Morgan fingerprint density at radius 1 is 1.27 bits per heavy atom. The molecule has 4 rings (SSSR count). The molecule has 1 atom stereocenters. The summed E-state index contributed by atoms with van der Waals surface area (Å²) in [6.07, 6.45) is 7.09. The molecule has 0 saturated heterocycles. The van der Waals surface area contributed by atoms with Gasteiger partial charge in [0.25, 0.3) is 5.91 Å². The molecule has 3 aromatic heterocycles. The normalized spacial score (nSPS) is 18.2. The molecule has 0 aromatic carbocycles. The van der Waals surface area contributed by atoms with Crippen molar-refractivity contribution in [2.75, 3.05) is 0 Å². The Labute approximate surface area is 156 Å². The molecule has 0 spiro atoms. The second-order valence-corrected chi connectivity index (χ2v) is 8.33. The maximum absolute atomic E-state index is 12.5. The summed E-state index contributed by atoms with van der Waals surface area (Å²) in [5.74, 6) is 0.666. The lowest BCUT2D eigenvalue weighted by Gasteiger charge is -2.36. The number of aromatic nitrogens is 3. The number of nitrogens with one attached hydrogen (secondary N) is 1. The number of pyridine rings is 1. The van der Waals surface area contributed by atoms with Crippen molar-refractivity contribution in [2.45, 2.75) is 32.7 Å². The van der Waals surface area contributed by atoms with Crippen molar-refractivity contribution < 1.29 is 4.79 Å². The Bertz CT molecular complexity index is 922. The second kappa shape index (κ2) is 6.61. The molecule has 0 bridgehead atoms. The fraction of sp³-hybridized carbons (Fsp3) is 0.300. The fourth-order valence-electron chi connectivity index (χ4n) is 3.45. The first-order chi connectivity index (χ1) is 12.5. The van der Waals surface area contributed by atoms with Crippen LogP contribution in [0.5, 0.6) is 0 Å². The van der Waals surface area contributed by atoms with E-state index in [1.807, 2.05) is 35.8 Å². The molecule has 1 aliphatic carbocycles. The Hall–Kier alpha value is -2.60. The minimum Gasteiger partial charge on any atom is -0.344 e. The zero-order valence-corrected chi connectivity index (χ0v) is 15.6. The SMILES string of the molecule is CC1(C)Cc2nc(-c3ccncc3)ncc2C(NC(=O)c2cccs2)C1. The van der Waals surface area contributed by atoms with Gasteiger partial charge in [-0.1, -0.05) is 19.9 Å². The largest absolute Gasteiger partial charge is 0.344 e. The third-order valence-corrected chi connectivity index (χ3v) is 5.54. The van der Waals surface area contributed by atoms with Gasteiger partial charge in [0.05, 0.1) is 16.6 Å². The van der Waals surface area contributed by atoms with E-state index in [1.165, 1.54) is 11.3 Å². The lowest BCUT2D eigenvalue weighted by atomic mass is 9.74. The number of fused-ring (bicyclic) bond motifs is 1. The first-order valence-corrected chi connectivity index (χ1v) is 9.50. The van der Waals surface area contributed by atoms with Gasteiger partial charge >= 0.3 is 0 Å². The third kappa shape index (κ3) is 3.37. The molecule has 1 unspecified atom stereocenters. The number of hydrogen-bond donors (Lipinski definition) is 1. The van der Waals surface area contributed by atoms with Crippen molar-refractivity contribution in [3.63, 3.8) is 0 Å². The maximum Gasteiger partial charge on any atom is 0.261 e. The predicted molar refractivity (Wildman–Crippen MR) is 102 cm³/mol. The van der Waals surface area contributed by atoms with E-state index in [0.29, 0.717) is 5.82 Å². The van der Waals surface area contributed by atoms with Crippen molar-refractivity contribution in [2.24, 2.45) is 5.41 Å². The molecule has 5 nitrogen and oxygen atoms in total. The smallest absolute Gasteiger partial charge is 0.261 e. The molecule has 132 valence electrons. The second-order valence-electron chi connectivity index (χ2n) is 7.38. The summed E-state index contributed by atoms with van der Waals surface area (Å²) in [5, 5.41) is 5.09. The summed E-state index contributed by atoms with van der Waals surface area (Å²) in [4.78, 5) is 26.7. The molecule has 3 aromatic rings. The van der Waals surface area contributed by atoms with Gasteiger partial charge in [0.1, 0.15) is 0 Å². The maximum atomic E-state index is 12.5. The van der Waals surface area contributed by atoms with Gasteiger partial charge in [-0.05, 0) is 41.8 Å². The van der Waals surface area contributed by atoms with Gasteiger partial charge in [0, 0.05) is 29.7 Å². The molecule has 1 amide bonds. The molecule has 1 aliphatic rings. The Morgan fingerprint density at radius 2 is 2.08 bits per heavy atom. The van der Waals surface area contributed by atoms with Crippen molar-refractivity contribution in [1.82, 2.24) is 20.3 Å². The molecule has 0 saturated carbocycles. The molecule has 0 aliphatic heterocycles.